The quantitative estimate of drug-likeness (QED) is 0.521. The molecule has 0 saturated heterocycles. The summed E-state index contributed by atoms with van der Waals surface area (Å²) in [6.45, 7) is 21.8. The van der Waals surface area contributed by atoms with Gasteiger partial charge in [0, 0.05) is 7.05 Å². The molecule has 35 heavy (non-hydrogen) atoms. The van der Waals surface area contributed by atoms with Gasteiger partial charge in [-0.05, 0) is 90.0 Å². The van der Waals surface area contributed by atoms with Crippen LogP contribution in [0.3, 0.4) is 0 Å². The number of nitrogens with zero attached hydrogens (tertiary/aromatic N) is 3. The summed E-state index contributed by atoms with van der Waals surface area (Å²) >= 11 is 0. The summed E-state index contributed by atoms with van der Waals surface area (Å²) < 4.78 is 4.73. The molecule has 0 aliphatic carbocycles. The molecule has 0 amide bonds. The number of fused-ring (bicyclic) bond motifs is 1. The Labute approximate surface area is 208 Å². The van der Waals surface area contributed by atoms with Crippen molar-refractivity contribution < 1.29 is 0 Å². The summed E-state index contributed by atoms with van der Waals surface area (Å²) in [4.78, 5) is 26.9. The van der Waals surface area contributed by atoms with Crippen molar-refractivity contribution >= 4 is 18.4 Å². The third kappa shape index (κ3) is 2.69. The Balaban J connectivity index is 1.98. The zero-order chi connectivity index (χ0) is 26.0. The highest BCUT2D eigenvalue weighted by Crippen LogP contribution is 2.59. The maximum absolute atomic E-state index is 13.4. The van der Waals surface area contributed by atoms with E-state index in [-0.39, 0.29) is 11.4 Å². The molecular formula is C29H37N3O2Si. The molecule has 2 aromatic carbocycles. The van der Waals surface area contributed by atoms with Crippen molar-refractivity contribution in [1.82, 2.24) is 13.9 Å². The van der Waals surface area contributed by atoms with Crippen LogP contribution in [-0.2, 0) is 18.1 Å². The molecule has 0 bridgehead atoms. The predicted molar refractivity (Wildman–Crippen MR) is 146 cm³/mol. The van der Waals surface area contributed by atoms with Crippen molar-refractivity contribution in [1.29, 1.82) is 0 Å². The molecule has 1 aromatic heterocycles. The molecule has 5 rings (SSSR count). The Morgan fingerprint density at radius 1 is 0.600 bits per heavy atom. The summed E-state index contributed by atoms with van der Waals surface area (Å²) in [5.74, 6) is 0. The summed E-state index contributed by atoms with van der Waals surface area (Å²) in [5, 5.41) is 5.63. The minimum Gasteiger partial charge on any atom is -0.246 e. The van der Waals surface area contributed by atoms with Crippen LogP contribution in [0.4, 0.5) is 0 Å². The first-order valence-electron chi connectivity index (χ1n) is 12.5. The van der Waals surface area contributed by atoms with E-state index in [0.29, 0.717) is 0 Å². The second kappa shape index (κ2) is 6.87. The van der Waals surface area contributed by atoms with Gasteiger partial charge in [0.1, 0.15) is 0 Å². The van der Waals surface area contributed by atoms with Gasteiger partial charge in [0.2, 0.25) is 0 Å². The molecule has 0 atom stereocenters. The molecule has 6 heteroatoms. The van der Waals surface area contributed by atoms with Crippen molar-refractivity contribution in [2.45, 2.75) is 80.3 Å². The molecule has 5 nitrogen and oxygen atoms in total. The van der Waals surface area contributed by atoms with E-state index in [2.05, 4.69) is 93.5 Å². The van der Waals surface area contributed by atoms with Crippen LogP contribution in [-0.4, -0.2) is 22.0 Å². The van der Waals surface area contributed by atoms with Crippen LogP contribution in [0.25, 0.3) is 0 Å². The zero-order valence-corrected chi connectivity index (χ0v) is 24.0. The Kier molecular flexibility index (Phi) is 4.69. The van der Waals surface area contributed by atoms with Crippen molar-refractivity contribution in [2.75, 3.05) is 0 Å². The van der Waals surface area contributed by atoms with Crippen LogP contribution in [0.15, 0.2) is 44.2 Å². The number of benzene rings is 2. The average Bonchev–Trinajstić information content (AvgIpc) is 3.33. The third-order valence-electron chi connectivity index (χ3n) is 8.46. The molecule has 3 heterocycles. The van der Waals surface area contributed by atoms with E-state index < -0.39 is 19.2 Å². The van der Waals surface area contributed by atoms with Gasteiger partial charge in [-0.2, -0.15) is 0 Å². The Morgan fingerprint density at radius 2 is 0.886 bits per heavy atom. The highest BCUT2D eigenvalue weighted by Gasteiger charge is 2.72. The smallest absolute Gasteiger partial charge is 0.246 e. The maximum Gasteiger partial charge on any atom is 0.347 e. The number of hydrogen-bond acceptors (Lipinski definition) is 2. The zero-order valence-electron chi connectivity index (χ0n) is 23.0. The fourth-order valence-electron chi connectivity index (χ4n) is 7.71. The van der Waals surface area contributed by atoms with E-state index in [1.807, 2.05) is 0 Å². The van der Waals surface area contributed by atoms with Gasteiger partial charge in [-0.15, -0.1) is 0 Å². The van der Waals surface area contributed by atoms with E-state index in [0.717, 1.165) is 0 Å². The van der Waals surface area contributed by atoms with Crippen molar-refractivity contribution in [3.05, 3.63) is 89.0 Å². The van der Waals surface area contributed by atoms with Crippen LogP contribution < -0.4 is 21.8 Å². The van der Waals surface area contributed by atoms with E-state index in [1.54, 1.807) is 16.4 Å². The number of hydrogen-bond donors (Lipinski definition) is 0. The van der Waals surface area contributed by atoms with Gasteiger partial charge >= 0.3 is 11.4 Å². The third-order valence-corrected chi connectivity index (χ3v) is 14.5. The lowest BCUT2D eigenvalue weighted by molar-refractivity contribution is 0.225. The van der Waals surface area contributed by atoms with Gasteiger partial charge in [-0.3, -0.25) is 0 Å². The molecule has 0 N–H and O–H groups in total. The van der Waals surface area contributed by atoms with Gasteiger partial charge in [-0.1, -0.05) is 57.6 Å². The van der Waals surface area contributed by atoms with E-state index in [4.69, 9.17) is 0 Å². The lowest BCUT2D eigenvalue weighted by Crippen LogP contribution is -2.58. The summed E-state index contributed by atoms with van der Waals surface area (Å²) in [7, 11) is -1.03. The highest BCUT2D eigenvalue weighted by molar-refractivity contribution is 7.21. The molecule has 0 saturated carbocycles. The normalized spacial score (nSPS) is 18.9. The number of allylic oxidation sites excluding steroid dienone is 2. The lowest BCUT2D eigenvalue weighted by Gasteiger charge is -2.36. The fraction of sp³-hybridized carbons (Fsp3) is 0.448. The second-order valence-corrected chi connectivity index (χ2v) is 15.4. The minimum absolute atomic E-state index is 0.246. The van der Waals surface area contributed by atoms with Gasteiger partial charge in [-0.25, -0.2) is 23.5 Å². The van der Waals surface area contributed by atoms with Crippen LogP contribution in [0.1, 0.15) is 61.1 Å². The molecule has 0 unspecified atom stereocenters. The molecule has 0 spiro atoms. The molecule has 2 aliphatic rings. The van der Waals surface area contributed by atoms with Gasteiger partial charge in [0.05, 0.1) is 11.1 Å². The summed E-state index contributed by atoms with van der Waals surface area (Å²) in [6, 6.07) is 9.19. The number of aromatic nitrogens is 3. The van der Waals surface area contributed by atoms with Gasteiger partial charge in [0.15, 0.2) is 8.07 Å². The molecule has 184 valence electrons. The number of aryl methyl sites for hydroxylation is 6. The van der Waals surface area contributed by atoms with E-state index >= 15 is 0 Å². The van der Waals surface area contributed by atoms with Crippen LogP contribution >= 0.6 is 0 Å². The van der Waals surface area contributed by atoms with Crippen molar-refractivity contribution in [3.63, 3.8) is 0 Å². The van der Waals surface area contributed by atoms with Crippen molar-refractivity contribution in [3.8, 4) is 0 Å². The molecule has 0 radical (unpaired) electrons. The first-order valence-corrected chi connectivity index (χ1v) is 14.5. The lowest BCUT2D eigenvalue weighted by atomic mass is 9.95. The molecule has 2 aliphatic heterocycles. The number of rotatable bonds is 2. The van der Waals surface area contributed by atoms with Gasteiger partial charge < -0.3 is 0 Å². The average molecular weight is 488 g/mol. The minimum atomic E-state index is -2.62. The summed E-state index contributed by atoms with van der Waals surface area (Å²) in [6.07, 6.45) is 0. The largest absolute Gasteiger partial charge is 0.347 e. The first-order chi connectivity index (χ1) is 16.1. The first kappa shape index (κ1) is 23.9. The molecular weight excluding hydrogens is 450 g/mol. The Bertz CT molecular complexity index is 1440. The Hall–Kier alpha value is -2.86. The van der Waals surface area contributed by atoms with Crippen molar-refractivity contribution in [2.24, 2.45) is 7.05 Å². The SMILES string of the molecule is Cc1cc(C)c([Si]2(c3c(C)cc(C)cc3C)C3=C2C(C)(C)n2c(=O)n(C)c(=O)n2C3(C)C)c(C)c1. The fourth-order valence-corrected chi connectivity index (χ4v) is 15.2. The predicted octanol–water partition coefficient (Wildman–Crippen LogP) is 3.33. The van der Waals surface area contributed by atoms with Crippen LogP contribution in [0.5, 0.6) is 0 Å². The van der Waals surface area contributed by atoms with Crippen LogP contribution in [0.2, 0.25) is 0 Å². The van der Waals surface area contributed by atoms with E-state index in [1.165, 1.54) is 58.7 Å². The monoisotopic (exact) mass is 487 g/mol. The second-order valence-electron chi connectivity index (χ2n) is 11.9. The van der Waals surface area contributed by atoms with E-state index in [9.17, 15) is 9.59 Å². The standard InChI is InChI=1S/C29H37N3O2Si/c1-16-12-18(3)22(19(4)13-16)35(23-20(5)14-17(2)15-21(23)6)24-25(35)29(9,10)32-27(34)30(11)26(33)31(32)28(24,7)8/h12-15H,1-11H3. The highest BCUT2D eigenvalue weighted by atomic mass is 28.3. The molecule has 0 fully saturated rings. The summed E-state index contributed by atoms with van der Waals surface area (Å²) in [5.41, 5.74) is 6.04. The van der Waals surface area contributed by atoms with Crippen LogP contribution in [0, 0.1) is 41.5 Å². The topological polar surface area (TPSA) is 48.9 Å². The maximum atomic E-state index is 13.4. The molecule has 3 aromatic rings. The van der Waals surface area contributed by atoms with Gasteiger partial charge in [0.25, 0.3) is 0 Å². The Morgan fingerprint density at radius 3 is 1.17 bits per heavy atom.